The number of nitrogens with one attached hydrogen (secondary N) is 2. The van der Waals surface area contributed by atoms with Crippen molar-refractivity contribution in [1.82, 2.24) is 5.32 Å². The molecule has 0 aliphatic heterocycles. The highest BCUT2D eigenvalue weighted by molar-refractivity contribution is 14.1. The monoisotopic (exact) mass is 456 g/mol. The summed E-state index contributed by atoms with van der Waals surface area (Å²) in [7, 11) is -3.56. The van der Waals surface area contributed by atoms with E-state index in [1.807, 2.05) is 12.3 Å². The maximum Gasteiger partial charge on any atom is 0.271 e. The Balaban J connectivity index is 2.19. The third kappa shape index (κ3) is 4.56. The minimum absolute atomic E-state index is 0.307. The molecule has 114 valence electrons. The number of thiophene rings is 1. The average Bonchev–Trinajstić information content (AvgIpc) is 2.89. The summed E-state index contributed by atoms with van der Waals surface area (Å²) in [6.07, 6.45) is 0. The molecule has 21 heavy (non-hydrogen) atoms. The van der Waals surface area contributed by atoms with Crippen molar-refractivity contribution < 1.29 is 8.42 Å². The highest BCUT2D eigenvalue weighted by atomic mass is 127. The van der Waals surface area contributed by atoms with Crippen LogP contribution < -0.4 is 10.0 Å². The Hall–Kier alpha value is -0.350. The van der Waals surface area contributed by atoms with Gasteiger partial charge in [0.25, 0.3) is 10.0 Å². The molecule has 0 aliphatic carbocycles. The van der Waals surface area contributed by atoms with Gasteiger partial charge in [-0.05, 0) is 64.3 Å². The van der Waals surface area contributed by atoms with Crippen molar-refractivity contribution in [3.8, 4) is 0 Å². The van der Waals surface area contributed by atoms with Crippen molar-refractivity contribution in [2.45, 2.75) is 17.7 Å². The molecule has 0 atom stereocenters. The molecule has 0 fully saturated rings. The molecule has 0 spiro atoms. The number of hydrogen-bond acceptors (Lipinski definition) is 4. The molecule has 1 heterocycles. The van der Waals surface area contributed by atoms with Crippen molar-refractivity contribution in [1.29, 1.82) is 0 Å². The minimum atomic E-state index is -3.56. The van der Waals surface area contributed by atoms with Gasteiger partial charge in [0.15, 0.2) is 0 Å². The Labute approximate surface area is 147 Å². The van der Waals surface area contributed by atoms with E-state index in [0.29, 0.717) is 21.5 Å². The quantitative estimate of drug-likeness (QED) is 0.648. The molecule has 0 saturated heterocycles. The van der Waals surface area contributed by atoms with Crippen LogP contribution in [0.4, 0.5) is 5.69 Å². The maximum atomic E-state index is 12.4. The molecule has 4 nitrogen and oxygen atoms in total. The Morgan fingerprint density at radius 2 is 2.10 bits per heavy atom. The van der Waals surface area contributed by atoms with Gasteiger partial charge in [-0.3, -0.25) is 4.72 Å². The van der Waals surface area contributed by atoms with E-state index in [9.17, 15) is 8.42 Å². The summed E-state index contributed by atoms with van der Waals surface area (Å²) in [6.45, 7) is 3.52. The van der Waals surface area contributed by atoms with E-state index in [4.69, 9.17) is 11.6 Å². The number of hydrogen-bond donors (Lipinski definition) is 2. The Morgan fingerprint density at radius 3 is 2.76 bits per heavy atom. The molecule has 2 rings (SSSR count). The second kappa shape index (κ2) is 7.28. The van der Waals surface area contributed by atoms with Gasteiger partial charge in [0.2, 0.25) is 0 Å². The third-order valence-electron chi connectivity index (χ3n) is 2.65. The number of benzene rings is 1. The van der Waals surface area contributed by atoms with Crippen LogP contribution in [-0.2, 0) is 16.6 Å². The summed E-state index contributed by atoms with van der Waals surface area (Å²) in [5.74, 6) is 0. The minimum Gasteiger partial charge on any atom is -0.313 e. The largest absolute Gasteiger partial charge is 0.313 e. The zero-order chi connectivity index (χ0) is 15.5. The molecule has 0 unspecified atom stereocenters. The fraction of sp³-hybridized carbons (Fsp3) is 0.231. The van der Waals surface area contributed by atoms with E-state index in [1.54, 1.807) is 24.3 Å². The lowest BCUT2D eigenvalue weighted by atomic mass is 10.3. The fourth-order valence-corrected chi connectivity index (χ4v) is 5.10. The van der Waals surface area contributed by atoms with Crippen molar-refractivity contribution in [2.24, 2.45) is 0 Å². The Morgan fingerprint density at radius 1 is 1.33 bits per heavy atom. The van der Waals surface area contributed by atoms with E-state index in [-0.39, 0.29) is 0 Å². The van der Waals surface area contributed by atoms with Crippen molar-refractivity contribution >= 4 is 61.2 Å². The summed E-state index contributed by atoms with van der Waals surface area (Å²) in [5, 5.41) is 5.60. The fourth-order valence-electron chi connectivity index (χ4n) is 1.62. The number of sulfonamides is 1. The number of rotatable bonds is 6. The summed E-state index contributed by atoms with van der Waals surface area (Å²) in [5.41, 5.74) is 1.50. The Kier molecular flexibility index (Phi) is 5.89. The van der Waals surface area contributed by atoms with Gasteiger partial charge in [0, 0.05) is 15.1 Å². The van der Waals surface area contributed by atoms with Crippen LogP contribution in [0.1, 0.15) is 12.5 Å². The molecule has 0 radical (unpaired) electrons. The molecular formula is C13H14ClIN2O2S2. The van der Waals surface area contributed by atoms with Crippen LogP contribution in [0.25, 0.3) is 0 Å². The van der Waals surface area contributed by atoms with E-state index >= 15 is 0 Å². The third-order valence-corrected chi connectivity index (χ3v) is 6.63. The molecule has 2 aromatic rings. The van der Waals surface area contributed by atoms with E-state index < -0.39 is 10.0 Å². The lowest BCUT2D eigenvalue weighted by molar-refractivity contribution is 0.603. The van der Waals surface area contributed by atoms with Crippen LogP contribution in [0.2, 0.25) is 5.02 Å². The molecule has 1 aromatic heterocycles. The molecule has 0 aliphatic rings. The summed E-state index contributed by atoms with van der Waals surface area (Å²) < 4.78 is 28.4. The smallest absolute Gasteiger partial charge is 0.271 e. The van der Waals surface area contributed by atoms with E-state index in [1.165, 1.54) is 11.3 Å². The van der Waals surface area contributed by atoms with Gasteiger partial charge in [0.1, 0.15) is 4.21 Å². The van der Waals surface area contributed by atoms with E-state index in [2.05, 4.69) is 32.6 Å². The van der Waals surface area contributed by atoms with Crippen LogP contribution in [0, 0.1) is 3.57 Å². The highest BCUT2D eigenvalue weighted by Gasteiger charge is 2.18. The summed E-state index contributed by atoms with van der Waals surface area (Å²) in [4.78, 5) is 0. The summed E-state index contributed by atoms with van der Waals surface area (Å²) in [6, 6.07) is 6.73. The molecule has 0 bridgehead atoms. The Bertz CT molecular complexity index is 732. The molecule has 8 heteroatoms. The highest BCUT2D eigenvalue weighted by Crippen LogP contribution is 2.27. The molecular weight excluding hydrogens is 443 g/mol. The lowest BCUT2D eigenvalue weighted by Crippen LogP contribution is -2.13. The van der Waals surface area contributed by atoms with E-state index in [0.717, 1.165) is 15.7 Å². The first kappa shape index (κ1) is 17.0. The first-order valence-electron chi connectivity index (χ1n) is 6.18. The standard InChI is InChI=1S/C13H14ClIN2O2S2/c1-2-16-7-9-5-13(20-8-9)21(18,19)17-12-4-3-10(14)6-11(12)15/h3-6,8,16-17H,2,7H2,1H3. The van der Waals surface area contributed by atoms with Crippen LogP contribution in [0.3, 0.4) is 0 Å². The van der Waals surface area contributed by atoms with Crippen molar-refractivity contribution in [2.75, 3.05) is 11.3 Å². The van der Waals surface area contributed by atoms with Crippen molar-refractivity contribution in [3.63, 3.8) is 0 Å². The lowest BCUT2D eigenvalue weighted by Gasteiger charge is -2.08. The van der Waals surface area contributed by atoms with Crippen LogP contribution in [-0.4, -0.2) is 15.0 Å². The normalized spacial score (nSPS) is 11.6. The summed E-state index contributed by atoms with van der Waals surface area (Å²) >= 11 is 9.14. The van der Waals surface area contributed by atoms with Gasteiger partial charge < -0.3 is 5.32 Å². The first-order chi connectivity index (χ1) is 9.92. The zero-order valence-corrected chi connectivity index (χ0v) is 15.7. The van der Waals surface area contributed by atoms with Crippen LogP contribution in [0.5, 0.6) is 0 Å². The molecule has 1 aromatic carbocycles. The number of anilines is 1. The van der Waals surface area contributed by atoms with Crippen LogP contribution >= 0.6 is 45.5 Å². The molecule has 0 saturated carbocycles. The number of halogens is 2. The maximum absolute atomic E-state index is 12.4. The predicted molar refractivity (Wildman–Crippen MR) is 96.7 cm³/mol. The second-order valence-electron chi connectivity index (χ2n) is 4.28. The average molecular weight is 457 g/mol. The van der Waals surface area contributed by atoms with Gasteiger partial charge in [0.05, 0.1) is 5.69 Å². The topological polar surface area (TPSA) is 58.2 Å². The van der Waals surface area contributed by atoms with Crippen molar-refractivity contribution in [3.05, 3.63) is 43.8 Å². The predicted octanol–water partition coefficient (Wildman–Crippen LogP) is 3.92. The molecule has 0 amide bonds. The SMILES string of the molecule is CCNCc1csc(S(=O)(=O)Nc2ccc(Cl)cc2I)c1. The zero-order valence-electron chi connectivity index (χ0n) is 11.2. The van der Waals surface area contributed by atoms with Crippen LogP contribution in [0.15, 0.2) is 33.9 Å². The van der Waals surface area contributed by atoms with Gasteiger partial charge in [-0.2, -0.15) is 0 Å². The van der Waals surface area contributed by atoms with Gasteiger partial charge >= 0.3 is 0 Å². The first-order valence-corrected chi connectivity index (χ1v) is 10.0. The second-order valence-corrected chi connectivity index (χ2v) is 8.70. The van der Waals surface area contributed by atoms with Gasteiger partial charge in [-0.15, -0.1) is 11.3 Å². The van der Waals surface area contributed by atoms with Gasteiger partial charge in [-0.25, -0.2) is 8.42 Å². The van der Waals surface area contributed by atoms with Gasteiger partial charge in [-0.1, -0.05) is 18.5 Å². The molecule has 2 N–H and O–H groups in total.